The van der Waals surface area contributed by atoms with Crippen LogP contribution in [0.3, 0.4) is 0 Å². The first-order valence-corrected chi connectivity index (χ1v) is 6.88. The van der Waals surface area contributed by atoms with Crippen LogP contribution in [0.2, 0.25) is 0 Å². The molecule has 0 fully saturated rings. The van der Waals surface area contributed by atoms with Crippen molar-refractivity contribution in [3.05, 3.63) is 60.1 Å². The van der Waals surface area contributed by atoms with Gasteiger partial charge in [0.25, 0.3) is 0 Å². The summed E-state index contributed by atoms with van der Waals surface area (Å²) in [7, 11) is 0. The van der Waals surface area contributed by atoms with Gasteiger partial charge in [-0.3, -0.25) is 5.43 Å². The lowest BCUT2D eigenvalue weighted by Crippen LogP contribution is -2.32. The van der Waals surface area contributed by atoms with Gasteiger partial charge in [-0.05, 0) is 36.3 Å². The topological polar surface area (TPSA) is 49.6 Å². The smallest absolute Gasteiger partial charge is 0.187 e. The van der Waals surface area contributed by atoms with Crippen LogP contribution in [0.5, 0.6) is 0 Å². The molecule has 0 amide bonds. The van der Waals surface area contributed by atoms with E-state index in [9.17, 15) is 0 Å². The molecule has 0 spiro atoms. The highest BCUT2D eigenvalue weighted by Crippen LogP contribution is 2.03. The van der Waals surface area contributed by atoms with Crippen molar-refractivity contribution in [1.29, 1.82) is 0 Å². The zero-order valence-corrected chi connectivity index (χ0v) is 12.1. The molecule has 0 radical (unpaired) electrons. The van der Waals surface area contributed by atoms with Gasteiger partial charge in [-0.1, -0.05) is 37.3 Å². The van der Waals surface area contributed by atoms with Crippen LogP contribution in [0.25, 0.3) is 0 Å². The number of hydrogen-bond acceptors (Lipinski definition) is 3. The predicted octanol–water partition coefficient (Wildman–Crippen LogP) is 3.06. The summed E-state index contributed by atoms with van der Waals surface area (Å²) in [4.78, 5) is 0. The molecule has 20 heavy (non-hydrogen) atoms. The average molecular weight is 287 g/mol. The lowest BCUT2D eigenvalue weighted by molar-refractivity contribution is 0.502. The number of benzene rings is 1. The normalized spacial score (nSPS) is 11.2. The van der Waals surface area contributed by atoms with E-state index in [2.05, 4.69) is 22.8 Å². The van der Waals surface area contributed by atoms with Crippen LogP contribution in [0.1, 0.15) is 24.7 Å². The molecular weight excluding hydrogens is 270 g/mol. The largest absolute Gasteiger partial charge is 0.467 e. The summed E-state index contributed by atoms with van der Waals surface area (Å²) in [5, 5.41) is 7.86. The predicted molar refractivity (Wildman–Crippen MR) is 84.6 cm³/mol. The zero-order chi connectivity index (χ0) is 14.2. The molecule has 0 saturated heterocycles. The molecule has 4 nitrogen and oxygen atoms in total. The van der Waals surface area contributed by atoms with E-state index in [1.807, 2.05) is 42.5 Å². The third kappa shape index (κ3) is 4.20. The van der Waals surface area contributed by atoms with E-state index < -0.39 is 0 Å². The van der Waals surface area contributed by atoms with Gasteiger partial charge in [-0.15, -0.1) is 0 Å². The van der Waals surface area contributed by atoms with Gasteiger partial charge in [0.05, 0.1) is 18.5 Å². The van der Waals surface area contributed by atoms with Gasteiger partial charge >= 0.3 is 0 Å². The van der Waals surface area contributed by atoms with Crippen molar-refractivity contribution in [2.45, 2.75) is 19.9 Å². The Morgan fingerprint density at radius 1 is 1.20 bits per heavy atom. The average Bonchev–Trinajstić information content (AvgIpc) is 3.00. The molecule has 2 N–H and O–H groups in total. The van der Waals surface area contributed by atoms with Gasteiger partial charge in [-0.2, -0.15) is 5.10 Å². The van der Waals surface area contributed by atoms with E-state index in [0.717, 1.165) is 23.5 Å². The molecule has 0 saturated carbocycles. The Hall–Kier alpha value is -2.14. The molecular formula is C15H17N3OS. The molecule has 0 aliphatic rings. The third-order valence-corrected chi connectivity index (χ3v) is 2.97. The number of thiocarbonyl (C=S) groups is 1. The van der Waals surface area contributed by atoms with Crippen LogP contribution in [0.15, 0.2) is 58.2 Å². The summed E-state index contributed by atoms with van der Waals surface area (Å²) in [6.07, 6.45) is 2.47. The van der Waals surface area contributed by atoms with Crippen molar-refractivity contribution in [3.8, 4) is 0 Å². The lowest BCUT2D eigenvalue weighted by Gasteiger charge is -2.08. The molecule has 1 heterocycles. The monoisotopic (exact) mass is 287 g/mol. The fourth-order valence-corrected chi connectivity index (χ4v) is 1.83. The molecule has 0 atom stereocenters. The molecule has 1 aromatic carbocycles. The molecule has 0 aliphatic carbocycles. The highest BCUT2D eigenvalue weighted by atomic mass is 32.1. The van der Waals surface area contributed by atoms with E-state index in [0.29, 0.717) is 11.7 Å². The fourth-order valence-electron chi connectivity index (χ4n) is 1.72. The first-order chi connectivity index (χ1) is 9.79. The van der Waals surface area contributed by atoms with Gasteiger partial charge in [0.1, 0.15) is 5.76 Å². The van der Waals surface area contributed by atoms with Crippen molar-refractivity contribution in [2.24, 2.45) is 5.10 Å². The molecule has 0 aliphatic heterocycles. The van der Waals surface area contributed by atoms with Crippen molar-refractivity contribution in [3.63, 3.8) is 0 Å². The Balaban J connectivity index is 1.88. The Morgan fingerprint density at radius 3 is 2.65 bits per heavy atom. The first kappa shape index (κ1) is 14.3. The number of nitrogens with zero attached hydrogens (tertiary/aromatic N) is 1. The molecule has 2 aromatic rings. The number of hydrazone groups is 1. The summed E-state index contributed by atoms with van der Waals surface area (Å²) >= 11 is 5.17. The highest BCUT2D eigenvalue weighted by molar-refractivity contribution is 7.80. The second kappa shape index (κ2) is 7.45. The lowest BCUT2D eigenvalue weighted by atomic mass is 10.1. The number of nitrogens with one attached hydrogen (secondary N) is 2. The molecule has 104 valence electrons. The molecule has 0 unspecified atom stereocenters. The molecule has 1 aromatic heterocycles. The molecule has 2 rings (SSSR count). The van der Waals surface area contributed by atoms with Crippen molar-refractivity contribution < 1.29 is 4.42 Å². The van der Waals surface area contributed by atoms with Crippen LogP contribution >= 0.6 is 12.2 Å². The maximum Gasteiger partial charge on any atom is 0.187 e. The second-order valence-electron chi connectivity index (χ2n) is 4.15. The zero-order valence-electron chi connectivity index (χ0n) is 11.3. The summed E-state index contributed by atoms with van der Waals surface area (Å²) in [5.74, 6) is 0.830. The van der Waals surface area contributed by atoms with Gasteiger partial charge in [0, 0.05) is 0 Å². The number of furan rings is 1. The number of rotatable bonds is 5. The van der Waals surface area contributed by atoms with E-state index in [-0.39, 0.29) is 0 Å². The minimum Gasteiger partial charge on any atom is -0.467 e. The minimum atomic E-state index is 0.475. The van der Waals surface area contributed by atoms with Crippen molar-refractivity contribution in [1.82, 2.24) is 10.7 Å². The van der Waals surface area contributed by atoms with E-state index in [1.54, 1.807) is 6.26 Å². The SMILES string of the molecule is CCC(=NNC(=S)NCc1ccco1)c1ccccc1. The first-order valence-electron chi connectivity index (χ1n) is 6.47. The summed E-state index contributed by atoms with van der Waals surface area (Å²) in [6, 6.07) is 13.8. The Morgan fingerprint density at radius 2 is 2.00 bits per heavy atom. The Bertz CT molecular complexity index is 564. The summed E-state index contributed by atoms with van der Waals surface area (Å²) in [5.41, 5.74) is 4.92. The summed E-state index contributed by atoms with van der Waals surface area (Å²) < 4.78 is 5.21. The summed E-state index contributed by atoms with van der Waals surface area (Å²) in [6.45, 7) is 2.61. The van der Waals surface area contributed by atoms with Gasteiger partial charge < -0.3 is 9.73 Å². The number of hydrogen-bond donors (Lipinski definition) is 2. The highest BCUT2D eigenvalue weighted by Gasteiger charge is 2.01. The van der Waals surface area contributed by atoms with Crippen LogP contribution in [0, 0.1) is 0 Å². The van der Waals surface area contributed by atoms with E-state index >= 15 is 0 Å². The third-order valence-electron chi connectivity index (χ3n) is 2.74. The maximum absolute atomic E-state index is 5.21. The van der Waals surface area contributed by atoms with Crippen LogP contribution in [0.4, 0.5) is 0 Å². The standard InChI is InChI=1S/C15H17N3OS/c1-2-14(12-7-4-3-5-8-12)17-18-15(20)16-11-13-9-6-10-19-13/h3-10H,2,11H2,1H3,(H2,16,18,20). The van der Waals surface area contributed by atoms with Crippen molar-refractivity contribution in [2.75, 3.05) is 0 Å². The van der Waals surface area contributed by atoms with Gasteiger partial charge in [-0.25, -0.2) is 0 Å². The molecule has 5 heteroatoms. The van der Waals surface area contributed by atoms with Crippen molar-refractivity contribution >= 4 is 23.0 Å². The van der Waals surface area contributed by atoms with Gasteiger partial charge in [0.2, 0.25) is 0 Å². The fraction of sp³-hybridized carbons (Fsp3) is 0.200. The van der Waals surface area contributed by atoms with E-state index in [4.69, 9.17) is 16.6 Å². The van der Waals surface area contributed by atoms with Gasteiger partial charge in [0.15, 0.2) is 5.11 Å². The second-order valence-corrected chi connectivity index (χ2v) is 4.56. The molecule has 0 bridgehead atoms. The van der Waals surface area contributed by atoms with Crippen LogP contribution < -0.4 is 10.7 Å². The quantitative estimate of drug-likeness (QED) is 0.504. The Kier molecular flexibility index (Phi) is 5.32. The Labute approximate surface area is 123 Å². The minimum absolute atomic E-state index is 0.475. The van der Waals surface area contributed by atoms with Crippen LogP contribution in [-0.2, 0) is 6.54 Å². The van der Waals surface area contributed by atoms with Crippen LogP contribution in [-0.4, -0.2) is 10.8 Å². The van der Waals surface area contributed by atoms with E-state index in [1.165, 1.54) is 0 Å². The maximum atomic E-state index is 5.21.